The number of aromatic nitrogens is 2. The Morgan fingerprint density at radius 1 is 1.33 bits per heavy atom. The minimum Gasteiger partial charge on any atom is -0.342 e. The van der Waals surface area contributed by atoms with Crippen LogP contribution in [-0.4, -0.2) is 21.6 Å². The molecule has 1 amide bonds. The van der Waals surface area contributed by atoms with Crippen LogP contribution in [0.2, 0.25) is 0 Å². The second-order valence-corrected chi connectivity index (χ2v) is 7.96. The summed E-state index contributed by atoms with van der Waals surface area (Å²) in [7, 11) is 0. The molecule has 6 heteroatoms. The van der Waals surface area contributed by atoms with E-state index in [0.717, 1.165) is 34.9 Å². The Morgan fingerprint density at radius 2 is 2.21 bits per heavy atom. The molecule has 0 radical (unpaired) electrons. The molecule has 0 saturated heterocycles. The van der Waals surface area contributed by atoms with Gasteiger partial charge in [0.15, 0.2) is 0 Å². The highest BCUT2D eigenvalue weighted by Crippen LogP contribution is 2.40. The first-order valence-corrected chi connectivity index (χ1v) is 9.75. The quantitative estimate of drug-likeness (QED) is 0.731. The number of imidazole rings is 1. The zero-order valence-corrected chi connectivity index (χ0v) is 14.8. The fraction of sp³-hybridized carbons (Fsp3) is 0.222. The number of fused-ring (bicyclic) bond motifs is 1. The molecule has 1 aromatic carbocycles. The molecule has 3 heterocycles. The summed E-state index contributed by atoms with van der Waals surface area (Å²) in [5.41, 5.74) is 3.86. The molecule has 2 N–H and O–H groups in total. The summed E-state index contributed by atoms with van der Waals surface area (Å²) in [5, 5.41) is 5.05. The Morgan fingerprint density at radius 3 is 3.04 bits per heavy atom. The van der Waals surface area contributed by atoms with E-state index in [1.54, 1.807) is 29.3 Å². The number of nitrogens with one attached hydrogen (secondary N) is 2. The number of hydrogen-bond acceptors (Lipinski definition) is 4. The van der Waals surface area contributed by atoms with E-state index in [-0.39, 0.29) is 11.2 Å². The van der Waals surface area contributed by atoms with Gasteiger partial charge in [-0.25, -0.2) is 4.98 Å². The Kier molecular flexibility index (Phi) is 4.16. The monoisotopic (exact) mass is 355 g/mol. The molecule has 1 aliphatic rings. The Balaban J connectivity index is 1.62. The Hall–Kier alpha value is -2.05. The van der Waals surface area contributed by atoms with Gasteiger partial charge in [-0.05, 0) is 48.2 Å². The first-order valence-electron chi connectivity index (χ1n) is 7.82. The minimum atomic E-state index is -0.133. The number of para-hydroxylation sites is 1. The molecule has 3 aromatic rings. The van der Waals surface area contributed by atoms with Gasteiger partial charge in [0.1, 0.15) is 11.1 Å². The van der Waals surface area contributed by atoms with Crippen LogP contribution in [0.5, 0.6) is 0 Å². The number of H-pyrrole nitrogens is 1. The summed E-state index contributed by atoms with van der Waals surface area (Å²) in [6, 6.07) is 9.86. The maximum Gasteiger partial charge on any atom is 0.242 e. The van der Waals surface area contributed by atoms with Gasteiger partial charge in [0.05, 0.1) is 5.69 Å². The van der Waals surface area contributed by atoms with Crippen molar-refractivity contribution in [3.8, 4) is 11.4 Å². The van der Waals surface area contributed by atoms with Crippen molar-refractivity contribution in [1.29, 1.82) is 0 Å². The van der Waals surface area contributed by atoms with Gasteiger partial charge in [-0.2, -0.15) is 0 Å². The van der Waals surface area contributed by atoms with Gasteiger partial charge < -0.3 is 10.3 Å². The molecule has 0 spiro atoms. The van der Waals surface area contributed by atoms with Gasteiger partial charge in [0.25, 0.3) is 0 Å². The number of carbonyl (C=O) groups excluding carboxylic acids is 1. The summed E-state index contributed by atoms with van der Waals surface area (Å²) in [4.78, 5) is 21.8. The predicted molar refractivity (Wildman–Crippen MR) is 101 cm³/mol. The van der Waals surface area contributed by atoms with Gasteiger partial charge >= 0.3 is 0 Å². The third kappa shape index (κ3) is 2.87. The van der Waals surface area contributed by atoms with E-state index in [0.29, 0.717) is 0 Å². The number of anilines is 1. The van der Waals surface area contributed by atoms with E-state index >= 15 is 0 Å². The lowest BCUT2D eigenvalue weighted by Crippen LogP contribution is -2.22. The maximum atomic E-state index is 12.9. The number of nitrogens with zero attached hydrogens (tertiary/aromatic N) is 1. The highest BCUT2D eigenvalue weighted by Gasteiger charge is 2.28. The van der Waals surface area contributed by atoms with Crippen molar-refractivity contribution in [2.24, 2.45) is 0 Å². The number of carbonyl (C=O) groups is 1. The van der Waals surface area contributed by atoms with Crippen LogP contribution in [0.1, 0.15) is 21.4 Å². The summed E-state index contributed by atoms with van der Waals surface area (Å²) in [6.07, 6.45) is 2.85. The van der Waals surface area contributed by atoms with Crippen LogP contribution >= 0.6 is 23.1 Å². The smallest absolute Gasteiger partial charge is 0.242 e. The molecule has 24 heavy (non-hydrogen) atoms. The van der Waals surface area contributed by atoms with Gasteiger partial charge in [0.2, 0.25) is 5.91 Å². The van der Waals surface area contributed by atoms with Crippen molar-refractivity contribution < 1.29 is 4.79 Å². The number of aryl methyl sites for hydroxylation is 2. The van der Waals surface area contributed by atoms with Crippen LogP contribution in [0, 0.1) is 6.92 Å². The average Bonchev–Trinajstić information content (AvgIpc) is 3.23. The molecule has 1 aliphatic heterocycles. The molecule has 4 nitrogen and oxygen atoms in total. The summed E-state index contributed by atoms with van der Waals surface area (Å²) < 4.78 is 0. The summed E-state index contributed by atoms with van der Waals surface area (Å²) >= 11 is 3.46. The highest BCUT2D eigenvalue weighted by molar-refractivity contribution is 8.00. The lowest BCUT2D eigenvalue weighted by Gasteiger charge is -2.22. The van der Waals surface area contributed by atoms with Crippen molar-refractivity contribution in [2.75, 3.05) is 11.1 Å². The second-order valence-electron chi connectivity index (χ2n) is 5.75. The standard InChI is InChI=1S/C18H17N3OS2/c1-11-10-19-17(20-11)12-4-2-3-5-14(12)21-18(22)16-13-6-8-23-15(13)7-9-24-16/h2-6,8,10,16H,7,9H2,1H3,(H,19,20)(H,21,22)/t16-/m1/s1. The fourth-order valence-corrected chi connectivity index (χ4v) is 5.20. The number of thioether (sulfide) groups is 1. The maximum absolute atomic E-state index is 12.9. The number of aromatic amines is 1. The Bertz CT molecular complexity index is 884. The molecule has 122 valence electrons. The fourth-order valence-electron chi connectivity index (χ4n) is 2.91. The van der Waals surface area contributed by atoms with Crippen molar-refractivity contribution in [2.45, 2.75) is 18.6 Å². The average molecular weight is 355 g/mol. The summed E-state index contributed by atoms with van der Waals surface area (Å²) in [6.45, 7) is 1.97. The minimum absolute atomic E-state index is 0.0371. The molecule has 1 atom stereocenters. The SMILES string of the molecule is Cc1cnc(-c2ccccc2NC(=O)[C@@H]2SCCc3sccc32)[nH]1. The number of hydrogen-bond donors (Lipinski definition) is 2. The normalized spacial score (nSPS) is 16.6. The van der Waals surface area contributed by atoms with Crippen LogP contribution in [0.15, 0.2) is 41.9 Å². The van der Waals surface area contributed by atoms with E-state index in [2.05, 4.69) is 26.7 Å². The topological polar surface area (TPSA) is 57.8 Å². The zero-order valence-electron chi connectivity index (χ0n) is 13.2. The number of amides is 1. The van der Waals surface area contributed by atoms with Crippen LogP contribution in [0.25, 0.3) is 11.4 Å². The lowest BCUT2D eigenvalue weighted by atomic mass is 10.1. The van der Waals surface area contributed by atoms with Gasteiger partial charge in [-0.15, -0.1) is 23.1 Å². The number of thiophene rings is 1. The van der Waals surface area contributed by atoms with Crippen LogP contribution in [-0.2, 0) is 11.2 Å². The van der Waals surface area contributed by atoms with Gasteiger partial charge in [-0.1, -0.05) is 12.1 Å². The molecule has 0 unspecified atom stereocenters. The zero-order chi connectivity index (χ0) is 16.5. The first-order chi connectivity index (χ1) is 11.7. The molecule has 0 bridgehead atoms. The van der Waals surface area contributed by atoms with Crippen molar-refractivity contribution >= 4 is 34.7 Å². The van der Waals surface area contributed by atoms with Crippen molar-refractivity contribution in [1.82, 2.24) is 9.97 Å². The van der Waals surface area contributed by atoms with Crippen molar-refractivity contribution in [3.05, 3.63) is 58.0 Å². The van der Waals surface area contributed by atoms with E-state index in [1.807, 2.05) is 31.2 Å². The van der Waals surface area contributed by atoms with Crippen molar-refractivity contribution in [3.63, 3.8) is 0 Å². The second kappa shape index (κ2) is 6.45. The number of benzene rings is 1. The van der Waals surface area contributed by atoms with Gasteiger partial charge in [0, 0.05) is 22.3 Å². The van der Waals surface area contributed by atoms with E-state index < -0.39 is 0 Å². The molecule has 0 fully saturated rings. The van der Waals surface area contributed by atoms with E-state index in [9.17, 15) is 4.79 Å². The van der Waals surface area contributed by atoms with E-state index in [1.165, 1.54) is 10.4 Å². The van der Waals surface area contributed by atoms with E-state index in [4.69, 9.17) is 0 Å². The molecule has 2 aromatic heterocycles. The number of rotatable bonds is 3. The summed E-state index contributed by atoms with van der Waals surface area (Å²) in [5.74, 6) is 1.80. The molecule has 0 saturated carbocycles. The van der Waals surface area contributed by atoms with Crippen LogP contribution in [0.3, 0.4) is 0 Å². The largest absolute Gasteiger partial charge is 0.342 e. The molecular weight excluding hydrogens is 338 g/mol. The molecule has 4 rings (SSSR count). The third-order valence-electron chi connectivity index (χ3n) is 4.06. The lowest BCUT2D eigenvalue weighted by molar-refractivity contribution is -0.115. The molecular formula is C18H17N3OS2. The Labute approximate surface area is 148 Å². The van der Waals surface area contributed by atoms with Gasteiger partial charge in [-0.3, -0.25) is 4.79 Å². The first kappa shape index (κ1) is 15.5. The highest BCUT2D eigenvalue weighted by atomic mass is 32.2. The third-order valence-corrected chi connectivity index (χ3v) is 6.29. The van der Waals surface area contributed by atoms with Crippen LogP contribution in [0.4, 0.5) is 5.69 Å². The predicted octanol–water partition coefficient (Wildman–Crippen LogP) is 4.42. The molecule has 0 aliphatic carbocycles. The van der Waals surface area contributed by atoms with Crippen LogP contribution < -0.4 is 5.32 Å².